The van der Waals surface area contributed by atoms with Crippen LogP contribution in [0, 0.1) is 0 Å². The zero-order chi connectivity index (χ0) is 25.0. The first-order valence-electron chi connectivity index (χ1n) is 11.5. The molecule has 0 radical (unpaired) electrons. The molecule has 0 aromatic heterocycles. The number of hydrogen-bond acceptors (Lipinski definition) is 5. The standard InChI is InChI=1S/C27H28N2O5S/c1-20(2)29(23-11-4-3-5-12-23)26(30)19-34-27(31)22-14-16-24(17-15-22)35(32,33)28-18-8-10-21-9-6-7-13-25(21)28/h3-7,9,11-17,20H,8,10,18-19H2,1-2H3. The predicted molar refractivity (Wildman–Crippen MR) is 135 cm³/mol. The third kappa shape index (κ3) is 5.22. The monoisotopic (exact) mass is 492 g/mol. The molecule has 3 aromatic carbocycles. The molecule has 7 nitrogen and oxygen atoms in total. The van der Waals surface area contributed by atoms with Gasteiger partial charge in [0, 0.05) is 18.3 Å². The molecule has 8 heteroatoms. The van der Waals surface area contributed by atoms with Gasteiger partial charge in [-0.2, -0.15) is 0 Å². The molecule has 1 amide bonds. The lowest BCUT2D eigenvalue weighted by molar-refractivity contribution is -0.122. The number of amides is 1. The van der Waals surface area contributed by atoms with Crippen LogP contribution in [0.2, 0.25) is 0 Å². The Labute approximate surface area is 206 Å². The van der Waals surface area contributed by atoms with Crippen molar-refractivity contribution in [1.29, 1.82) is 0 Å². The number of ether oxygens (including phenoxy) is 1. The van der Waals surface area contributed by atoms with Gasteiger partial charge in [0.25, 0.3) is 15.9 Å². The van der Waals surface area contributed by atoms with Gasteiger partial charge in [0.05, 0.1) is 16.1 Å². The van der Waals surface area contributed by atoms with Gasteiger partial charge in [0.2, 0.25) is 0 Å². The smallest absolute Gasteiger partial charge is 0.338 e. The first kappa shape index (κ1) is 24.5. The molecule has 1 heterocycles. The third-order valence-corrected chi connectivity index (χ3v) is 7.72. The largest absolute Gasteiger partial charge is 0.452 e. The summed E-state index contributed by atoms with van der Waals surface area (Å²) in [6.45, 7) is 3.74. The van der Waals surface area contributed by atoms with Crippen molar-refractivity contribution in [2.75, 3.05) is 22.4 Å². The Hall–Kier alpha value is -3.65. The maximum atomic E-state index is 13.3. The Kier molecular flexibility index (Phi) is 7.21. The van der Waals surface area contributed by atoms with Crippen LogP contribution in [0.15, 0.2) is 83.8 Å². The number of fused-ring (bicyclic) bond motifs is 1. The van der Waals surface area contributed by atoms with Crippen LogP contribution in [0.1, 0.15) is 36.2 Å². The SMILES string of the molecule is CC(C)N(C(=O)COC(=O)c1ccc(S(=O)(=O)N2CCCc3ccccc32)cc1)c1ccccc1. The molecular weight excluding hydrogens is 464 g/mol. The highest BCUT2D eigenvalue weighted by molar-refractivity contribution is 7.92. The van der Waals surface area contributed by atoms with Gasteiger partial charge in [-0.3, -0.25) is 9.10 Å². The van der Waals surface area contributed by atoms with Crippen LogP contribution in [0.4, 0.5) is 11.4 Å². The quantitative estimate of drug-likeness (QED) is 0.456. The Morgan fingerprint density at radius 3 is 2.29 bits per heavy atom. The lowest BCUT2D eigenvalue weighted by Crippen LogP contribution is -2.39. The molecule has 1 aliphatic rings. The molecule has 0 N–H and O–H groups in total. The fraction of sp³-hybridized carbons (Fsp3) is 0.259. The number of carbonyl (C=O) groups is 2. The van der Waals surface area contributed by atoms with E-state index in [0.717, 1.165) is 24.1 Å². The average Bonchev–Trinajstić information content (AvgIpc) is 2.87. The molecule has 0 fully saturated rings. The summed E-state index contributed by atoms with van der Waals surface area (Å²) in [6.07, 6.45) is 1.58. The van der Waals surface area contributed by atoms with E-state index >= 15 is 0 Å². The molecule has 0 spiro atoms. The number of para-hydroxylation sites is 2. The molecule has 3 aromatic rings. The average molecular weight is 493 g/mol. The van der Waals surface area contributed by atoms with Crippen LogP contribution in [-0.4, -0.2) is 39.5 Å². The van der Waals surface area contributed by atoms with E-state index in [1.807, 2.05) is 68.4 Å². The molecule has 0 unspecified atom stereocenters. The lowest BCUT2D eigenvalue weighted by Gasteiger charge is -2.30. The van der Waals surface area contributed by atoms with Crippen molar-refractivity contribution in [3.63, 3.8) is 0 Å². The summed E-state index contributed by atoms with van der Waals surface area (Å²) in [6, 6.07) is 22.1. The highest BCUT2D eigenvalue weighted by Gasteiger charge is 2.29. The van der Waals surface area contributed by atoms with Crippen molar-refractivity contribution in [1.82, 2.24) is 0 Å². The van der Waals surface area contributed by atoms with E-state index in [9.17, 15) is 18.0 Å². The molecule has 0 saturated heterocycles. The zero-order valence-corrected chi connectivity index (χ0v) is 20.6. The molecular formula is C27H28N2O5S. The van der Waals surface area contributed by atoms with Crippen LogP contribution in [0.3, 0.4) is 0 Å². The van der Waals surface area contributed by atoms with Gasteiger partial charge in [-0.25, -0.2) is 13.2 Å². The van der Waals surface area contributed by atoms with Gasteiger partial charge < -0.3 is 9.64 Å². The summed E-state index contributed by atoms with van der Waals surface area (Å²) < 4.78 is 33.2. The van der Waals surface area contributed by atoms with E-state index in [1.54, 1.807) is 4.90 Å². The normalized spacial score (nSPS) is 13.3. The molecule has 0 atom stereocenters. The van der Waals surface area contributed by atoms with E-state index in [0.29, 0.717) is 12.2 Å². The second kappa shape index (κ2) is 10.3. The summed E-state index contributed by atoms with van der Waals surface area (Å²) in [5, 5.41) is 0. The number of hydrogen-bond donors (Lipinski definition) is 0. The predicted octanol–water partition coefficient (Wildman–Crippen LogP) is 4.43. The van der Waals surface area contributed by atoms with Gasteiger partial charge >= 0.3 is 5.97 Å². The van der Waals surface area contributed by atoms with E-state index in [-0.39, 0.29) is 22.4 Å². The van der Waals surface area contributed by atoms with Crippen molar-refractivity contribution < 1.29 is 22.7 Å². The van der Waals surface area contributed by atoms with E-state index in [2.05, 4.69) is 0 Å². The van der Waals surface area contributed by atoms with Crippen LogP contribution < -0.4 is 9.21 Å². The number of esters is 1. The van der Waals surface area contributed by atoms with Crippen molar-refractivity contribution >= 4 is 33.3 Å². The molecule has 0 bridgehead atoms. The fourth-order valence-corrected chi connectivity index (χ4v) is 5.78. The highest BCUT2D eigenvalue weighted by Crippen LogP contribution is 2.31. The summed E-state index contributed by atoms with van der Waals surface area (Å²) in [5.74, 6) is -1.04. The van der Waals surface area contributed by atoms with E-state index in [4.69, 9.17) is 4.74 Å². The van der Waals surface area contributed by atoms with Crippen molar-refractivity contribution in [2.24, 2.45) is 0 Å². The summed E-state index contributed by atoms with van der Waals surface area (Å²) >= 11 is 0. The second-order valence-corrected chi connectivity index (χ2v) is 10.5. The van der Waals surface area contributed by atoms with Crippen LogP contribution in [0.25, 0.3) is 0 Å². The summed E-state index contributed by atoms with van der Waals surface area (Å²) in [7, 11) is -3.77. The number of nitrogens with zero attached hydrogens (tertiary/aromatic N) is 2. The lowest BCUT2D eigenvalue weighted by atomic mass is 10.0. The van der Waals surface area contributed by atoms with E-state index in [1.165, 1.54) is 28.6 Å². The Morgan fingerprint density at radius 2 is 1.60 bits per heavy atom. The fourth-order valence-electron chi connectivity index (χ4n) is 4.24. The number of sulfonamides is 1. The first-order valence-corrected chi connectivity index (χ1v) is 13.0. The van der Waals surface area contributed by atoms with Crippen molar-refractivity contribution in [2.45, 2.75) is 37.6 Å². The zero-order valence-electron chi connectivity index (χ0n) is 19.8. The number of anilines is 2. The Balaban J connectivity index is 1.44. The highest BCUT2D eigenvalue weighted by atomic mass is 32.2. The van der Waals surface area contributed by atoms with E-state index < -0.39 is 22.6 Å². The minimum Gasteiger partial charge on any atom is -0.452 e. The molecule has 0 aliphatic carbocycles. The van der Waals surface area contributed by atoms with Crippen molar-refractivity contribution in [3.05, 3.63) is 90.0 Å². The summed E-state index contributed by atoms with van der Waals surface area (Å²) in [4.78, 5) is 27.0. The van der Waals surface area contributed by atoms with Gasteiger partial charge in [-0.1, -0.05) is 36.4 Å². The number of aryl methyl sites for hydroxylation is 1. The maximum absolute atomic E-state index is 13.3. The van der Waals surface area contributed by atoms with Gasteiger partial charge in [0.15, 0.2) is 6.61 Å². The maximum Gasteiger partial charge on any atom is 0.338 e. The minimum absolute atomic E-state index is 0.0943. The first-order chi connectivity index (χ1) is 16.8. The molecule has 4 rings (SSSR count). The minimum atomic E-state index is -3.77. The summed E-state index contributed by atoms with van der Waals surface area (Å²) in [5.41, 5.74) is 2.58. The van der Waals surface area contributed by atoms with Gasteiger partial charge in [-0.15, -0.1) is 0 Å². The number of rotatable bonds is 7. The molecule has 1 aliphatic heterocycles. The Morgan fingerprint density at radius 1 is 0.943 bits per heavy atom. The van der Waals surface area contributed by atoms with Crippen molar-refractivity contribution in [3.8, 4) is 0 Å². The Bertz CT molecular complexity index is 1300. The van der Waals surface area contributed by atoms with Crippen LogP contribution in [0.5, 0.6) is 0 Å². The third-order valence-electron chi connectivity index (χ3n) is 5.89. The second-order valence-electron chi connectivity index (χ2n) is 8.60. The molecule has 182 valence electrons. The number of carbonyl (C=O) groups excluding carboxylic acids is 2. The van der Waals surface area contributed by atoms with Gasteiger partial charge in [-0.05, 0) is 74.7 Å². The topological polar surface area (TPSA) is 84.0 Å². The van der Waals surface area contributed by atoms with Gasteiger partial charge in [0.1, 0.15) is 0 Å². The van der Waals surface area contributed by atoms with Crippen LogP contribution >= 0.6 is 0 Å². The number of benzene rings is 3. The molecule has 0 saturated carbocycles. The molecule has 35 heavy (non-hydrogen) atoms. The van der Waals surface area contributed by atoms with Crippen LogP contribution in [-0.2, 0) is 26.0 Å².